The molecule has 3 aromatic carbocycles. The lowest BCUT2D eigenvalue weighted by molar-refractivity contribution is 0.0757. The Morgan fingerprint density at radius 2 is 1.71 bits per heavy atom. The first kappa shape index (κ1) is 25.1. The maximum atomic E-state index is 12.1. The zero-order valence-electron chi connectivity index (χ0n) is 19.1. The van der Waals surface area contributed by atoms with Crippen LogP contribution in [0.4, 0.5) is 0 Å². The van der Waals surface area contributed by atoms with Crippen LogP contribution in [0.2, 0.25) is 5.02 Å². The molecule has 1 amide bonds. The van der Waals surface area contributed by atoms with Crippen molar-refractivity contribution < 1.29 is 23.7 Å². The molecule has 1 N–H and O–H groups in total. The number of carbonyl (C=O) groups is 1. The number of ether oxygens (including phenoxy) is 4. The van der Waals surface area contributed by atoms with Gasteiger partial charge in [-0.3, -0.25) is 4.79 Å². The van der Waals surface area contributed by atoms with Crippen LogP contribution in [0.1, 0.15) is 21.5 Å². The molecule has 0 saturated carbocycles. The number of nitrogens with zero attached hydrogens (tertiary/aromatic N) is 1. The van der Waals surface area contributed by atoms with Crippen molar-refractivity contribution in [2.75, 3.05) is 33.5 Å². The number of rotatable bonds is 12. The second-order valence-corrected chi connectivity index (χ2v) is 7.68. The second kappa shape index (κ2) is 13.2. The van der Waals surface area contributed by atoms with Gasteiger partial charge in [0.05, 0.1) is 26.5 Å². The maximum Gasteiger partial charge on any atom is 0.271 e. The van der Waals surface area contributed by atoms with Gasteiger partial charge in [-0.25, -0.2) is 5.43 Å². The highest BCUT2D eigenvalue weighted by molar-refractivity contribution is 6.30. The molecule has 0 fully saturated rings. The number of amides is 1. The molecule has 0 unspecified atom stereocenters. The Kier molecular flexibility index (Phi) is 9.76. The first-order valence-corrected chi connectivity index (χ1v) is 11.1. The summed E-state index contributed by atoms with van der Waals surface area (Å²) in [6.07, 6.45) is 1.52. The van der Waals surface area contributed by atoms with Gasteiger partial charge in [0.1, 0.15) is 19.0 Å². The van der Waals surface area contributed by atoms with Crippen molar-refractivity contribution in [3.8, 4) is 17.2 Å². The van der Waals surface area contributed by atoms with Crippen LogP contribution in [0.15, 0.2) is 71.8 Å². The molecule has 0 aliphatic rings. The minimum absolute atomic E-state index is 0.352. The Bertz CT molecular complexity index is 1100. The summed E-state index contributed by atoms with van der Waals surface area (Å²) in [5.74, 6) is 1.60. The van der Waals surface area contributed by atoms with E-state index in [1.54, 1.807) is 43.5 Å². The standard InChI is InChI=1S/C26H27ClN2O5/c1-19-6-9-23(10-7-19)33-14-12-32-13-15-34-24-11-8-20(16-25(24)31-2)18-28-29-26(30)21-4-3-5-22(27)17-21/h3-11,16-18H,12-15H2,1-2H3,(H,29,30)/b28-18+. The zero-order chi connectivity index (χ0) is 24.2. The van der Waals surface area contributed by atoms with Gasteiger partial charge in [-0.1, -0.05) is 35.4 Å². The Morgan fingerprint density at radius 3 is 2.44 bits per heavy atom. The molecule has 0 radical (unpaired) electrons. The summed E-state index contributed by atoms with van der Waals surface area (Å²) in [5, 5.41) is 4.47. The van der Waals surface area contributed by atoms with Crippen molar-refractivity contribution in [1.82, 2.24) is 5.43 Å². The number of aryl methyl sites for hydroxylation is 1. The predicted molar refractivity (Wildman–Crippen MR) is 132 cm³/mol. The first-order valence-electron chi connectivity index (χ1n) is 10.7. The summed E-state index contributed by atoms with van der Waals surface area (Å²) < 4.78 is 22.3. The van der Waals surface area contributed by atoms with E-state index in [1.165, 1.54) is 11.8 Å². The molecule has 0 aromatic heterocycles. The number of nitrogens with one attached hydrogen (secondary N) is 1. The fourth-order valence-electron chi connectivity index (χ4n) is 2.91. The maximum absolute atomic E-state index is 12.1. The topological polar surface area (TPSA) is 78.4 Å². The van der Waals surface area contributed by atoms with E-state index in [0.717, 1.165) is 11.3 Å². The number of benzene rings is 3. The summed E-state index contributed by atoms with van der Waals surface area (Å²) in [4.78, 5) is 12.1. The van der Waals surface area contributed by atoms with Crippen molar-refractivity contribution in [1.29, 1.82) is 0 Å². The van der Waals surface area contributed by atoms with Gasteiger partial charge in [-0.05, 0) is 61.0 Å². The van der Waals surface area contributed by atoms with E-state index < -0.39 is 0 Å². The Morgan fingerprint density at radius 1 is 0.941 bits per heavy atom. The van der Waals surface area contributed by atoms with Gasteiger partial charge >= 0.3 is 0 Å². The highest BCUT2D eigenvalue weighted by atomic mass is 35.5. The Labute approximate surface area is 204 Å². The van der Waals surface area contributed by atoms with E-state index in [9.17, 15) is 4.79 Å². The zero-order valence-corrected chi connectivity index (χ0v) is 19.9. The quantitative estimate of drug-likeness (QED) is 0.226. The van der Waals surface area contributed by atoms with Crippen LogP contribution in [0.5, 0.6) is 17.2 Å². The van der Waals surface area contributed by atoms with Crippen LogP contribution in [0, 0.1) is 6.92 Å². The number of hydrazone groups is 1. The molecule has 0 heterocycles. The fraction of sp³-hybridized carbons (Fsp3) is 0.231. The fourth-order valence-corrected chi connectivity index (χ4v) is 3.10. The first-order chi connectivity index (χ1) is 16.5. The summed E-state index contributed by atoms with van der Waals surface area (Å²) in [7, 11) is 1.56. The molecule has 8 heteroatoms. The molecular formula is C26H27ClN2O5. The van der Waals surface area contributed by atoms with Gasteiger partial charge in [-0.15, -0.1) is 0 Å². The monoisotopic (exact) mass is 482 g/mol. The molecule has 0 aliphatic heterocycles. The van der Waals surface area contributed by atoms with Crippen LogP contribution < -0.4 is 19.6 Å². The third kappa shape index (κ3) is 8.10. The van der Waals surface area contributed by atoms with Crippen molar-refractivity contribution >= 4 is 23.7 Å². The van der Waals surface area contributed by atoms with Gasteiger partial charge < -0.3 is 18.9 Å². The molecule has 178 valence electrons. The average Bonchev–Trinajstić information content (AvgIpc) is 2.85. The van der Waals surface area contributed by atoms with Crippen LogP contribution >= 0.6 is 11.6 Å². The molecule has 0 bridgehead atoms. The van der Waals surface area contributed by atoms with Crippen LogP contribution in [-0.4, -0.2) is 45.7 Å². The van der Waals surface area contributed by atoms with Gasteiger partial charge in [0.15, 0.2) is 11.5 Å². The molecule has 0 atom stereocenters. The highest BCUT2D eigenvalue weighted by Crippen LogP contribution is 2.27. The Hall–Kier alpha value is -3.55. The van der Waals surface area contributed by atoms with E-state index in [2.05, 4.69) is 10.5 Å². The third-order valence-corrected chi connectivity index (χ3v) is 4.89. The average molecular weight is 483 g/mol. The number of methoxy groups -OCH3 is 1. The number of hydrogen-bond donors (Lipinski definition) is 1. The van der Waals surface area contributed by atoms with Gasteiger partial charge in [0.2, 0.25) is 0 Å². The minimum Gasteiger partial charge on any atom is -0.493 e. The predicted octanol–water partition coefficient (Wildman–Crippen LogP) is 4.90. The molecule has 7 nitrogen and oxygen atoms in total. The smallest absolute Gasteiger partial charge is 0.271 e. The normalized spacial score (nSPS) is 10.8. The van der Waals surface area contributed by atoms with E-state index in [0.29, 0.717) is 48.5 Å². The number of halogens is 1. The Balaban J connectivity index is 1.39. The van der Waals surface area contributed by atoms with Crippen LogP contribution in [0.25, 0.3) is 0 Å². The van der Waals surface area contributed by atoms with E-state index in [-0.39, 0.29) is 5.91 Å². The molecule has 34 heavy (non-hydrogen) atoms. The minimum atomic E-state index is -0.352. The lowest BCUT2D eigenvalue weighted by atomic mass is 10.2. The van der Waals surface area contributed by atoms with Crippen LogP contribution in [0.3, 0.4) is 0 Å². The SMILES string of the molecule is COc1cc(/C=N/NC(=O)c2cccc(Cl)c2)ccc1OCCOCCOc1ccc(C)cc1. The molecule has 0 spiro atoms. The number of carbonyl (C=O) groups excluding carboxylic acids is 1. The molecule has 3 rings (SSSR count). The summed E-state index contributed by atoms with van der Waals surface area (Å²) >= 11 is 5.90. The third-order valence-electron chi connectivity index (χ3n) is 4.66. The molecular weight excluding hydrogens is 456 g/mol. The van der Waals surface area contributed by atoms with Gasteiger partial charge in [-0.2, -0.15) is 5.10 Å². The molecule has 0 aliphatic carbocycles. The highest BCUT2D eigenvalue weighted by Gasteiger charge is 2.07. The van der Waals surface area contributed by atoms with E-state index in [4.69, 9.17) is 30.5 Å². The lowest BCUT2D eigenvalue weighted by Gasteiger charge is -2.12. The van der Waals surface area contributed by atoms with Crippen molar-refractivity contribution in [2.45, 2.75) is 6.92 Å². The summed E-state index contributed by atoms with van der Waals surface area (Å²) in [6, 6.07) is 19.9. The van der Waals surface area contributed by atoms with Gasteiger partial charge in [0, 0.05) is 10.6 Å². The number of hydrogen-bond acceptors (Lipinski definition) is 6. The van der Waals surface area contributed by atoms with Crippen molar-refractivity contribution in [2.24, 2.45) is 5.10 Å². The van der Waals surface area contributed by atoms with Crippen molar-refractivity contribution in [3.63, 3.8) is 0 Å². The lowest BCUT2D eigenvalue weighted by Crippen LogP contribution is -2.17. The molecule has 3 aromatic rings. The van der Waals surface area contributed by atoms with Gasteiger partial charge in [0.25, 0.3) is 5.91 Å². The van der Waals surface area contributed by atoms with E-state index >= 15 is 0 Å². The summed E-state index contributed by atoms with van der Waals surface area (Å²) in [5.41, 5.74) is 4.83. The van der Waals surface area contributed by atoms with E-state index in [1.807, 2.05) is 37.3 Å². The second-order valence-electron chi connectivity index (χ2n) is 7.24. The van der Waals surface area contributed by atoms with Crippen molar-refractivity contribution in [3.05, 3.63) is 88.4 Å². The largest absolute Gasteiger partial charge is 0.493 e. The molecule has 0 saturated heterocycles. The van der Waals surface area contributed by atoms with Crippen LogP contribution in [-0.2, 0) is 4.74 Å². The summed E-state index contributed by atoms with van der Waals surface area (Å²) in [6.45, 7) is 3.74.